The molecule has 17 heavy (non-hydrogen) atoms. The lowest BCUT2D eigenvalue weighted by Crippen LogP contribution is -2.57. The van der Waals surface area contributed by atoms with Crippen molar-refractivity contribution in [3.8, 4) is 0 Å². The Bertz CT molecular complexity index is 389. The molecule has 0 saturated carbocycles. The van der Waals surface area contributed by atoms with E-state index in [1.165, 1.54) is 5.56 Å². The summed E-state index contributed by atoms with van der Waals surface area (Å²) in [5.41, 5.74) is 6.58. The first kappa shape index (κ1) is 12.1. The van der Waals surface area contributed by atoms with Gasteiger partial charge in [-0.25, -0.2) is 0 Å². The van der Waals surface area contributed by atoms with E-state index < -0.39 is 0 Å². The number of aromatic nitrogens is 2. The number of rotatable bonds is 4. The van der Waals surface area contributed by atoms with Crippen molar-refractivity contribution >= 4 is 5.91 Å². The van der Waals surface area contributed by atoms with Crippen LogP contribution in [-0.2, 0) is 18.3 Å². The lowest BCUT2D eigenvalue weighted by atomic mass is 10.1. The molecule has 1 aliphatic heterocycles. The summed E-state index contributed by atoms with van der Waals surface area (Å²) in [5.74, 6) is -0.247. The molecule has 2 heterocycles. The van der Waals surface area contributed by atoms with Crippen molar-refractivity contribution < 1.29 is 4.79 Å². The monoisotopic (exact) mass is 237 g/mol. The molecule has 1 aromatic heterocycles. The number of hydrogen-bond donors (Lipinski definition) is 2. The molecule has 6 nitrogen and oxygen atoms in total. The number of nitrogens with two attached hydrogens (primary N) is 1. The molecule has 0 aromatic carbocycles. The van der Waals surface area contributed by atoms with E-state index >= 15 is 0 Å². The van der Waals surface area contributed by atoms with E-state index in [1.807, 2.05) is 19.4 Å². The van der Waals surface area contributed by atoms with Crippen LogP contribution < -0.4 is 11.1 Å². The molecule has 1 fully saturated rings. The molecule has 1 unspecified atom stereocenters. The van der Waals surface area contributed by atoms with Crippen molar-refractivity contribution in [2.75, 3.05) is 26.2 Å². The van der Waals surface area contributed by atoms with Gasteiger partial charge in [-0.05, 0) is 12.0 Å². The third kappa shape index (κ3) is 3.04. The first-order chi connectivity index (χ1) is 8.16. The van der Waals surface area contributed by atoms with E-state index in [-0.39, 0.29) is 11.9 Å². The van der Waals surface area contributed by atoms with Crippen LogP contribution in [0.5, 0.6) is 0 Å². The van der Waals surface area contributed by atoms with E-state index in [0.29, 0.717) is 6.54 Å². The number of nitrogens with zero attached hydrogens (tertiary/aromatic N) is 3. The average molecular weight is 237 g/mol. The van der Waals surface area contributed by atoms with Crippen LogP contribution in [0.1, 0.15) is 5.56 Å². The van der Waals surface area contributed by atoms with Crippen molar-refractivity contribution in [2.45, 2.75) is 12.5 Å². The quantitative estimate of drug-likeness (QED) is 0.684. The molecule has 94 valence electrons. The first-order valence-corrected chi connectivity index (χ1v) is 5.88. The number of piperazine rings is 1. The summed E-state index contributed by atoms with van der Waals surface area (Å²) in [5, 5.41) is 7.32. The van der Waals surface area contributed by atoms with Gasteiger partial charge in [0.2, 0.25) is 5.91 Å². The maximum absolute atomic E-state index is 11.3. The Labute approximate surface area is 101 Å². The van der Waals surface area contributed by atoms with Crippen LogP contribution in [0.15, 0.2) is 12.4 Å². The first-order valence-electron chi connectivity index (χ1n) is 5.88. The second-order valence-electron chi connectivity index (χ2n) is 4.43. The number of carbonyl (C=O) groups excluding carboxylic acids is 1. The van der Waals surface area contributed by atoms with Crippen molar-refractivity contribution in [3.63, 3.8) is 0 Å². The fourth-order valence-corrected chi connectivity index (χ4v) is 2.17. The molecule has 0 bridgehead atoms. The summed E-state index contributed by atoms with van der Waals surface area (Å²) in [6.45, 7) is 3.29. The maximum atomic E-state index is 11.3. The fraction of sp³-hybridized carbons (Fsp3) is 0.636. The number of amides is 1. The van der Waals surface area contributed by atoms with E-state index in [1.54, 1.807) is 4.68 Å². The number of nitrogens with one attached hydrogen (secondary N) is 1. The van der Waals surface area contributed by atoms with Gasteiger partial charge < -0.3 is 11.1 Å². The van der Waals surface area contributed by atoms with Crippen LogP contribution in [0, 0.1) is 0 Å². The van der Waals surface area contributed by atoms with E-state index in [0.717, 1.165) is 26.1 Å². The average Bonchev–Trinajstić information content (AvgIpc) is 2.73. The smallest absolute Gasteiger partial charge is 0.236 e. The SMILES string of the molecule is Cn1cc(CCN2CCNCC2C(N)=O)cn1. The highest BCUT2D eigenvalue weighted by molar-refractivity contribution is 5.80. The predicted octanol–water partition coefficient (Wildman–Crippen LogP) is -1.28. The van der Waals surface area contributed by atoms with Crippen LogP contribution in [0.4, 0.5) is 0 Å². The summed E-state index contributed by atoms with van der Waals surface area (Å²) in [6, 6.07) is -0.180. The summed E-state index contributed by atoms with van der Waals surface area (Å²) >= 11 is 0. The molecule has 0 radical (unpaired) electrons. The lowest BCUT2D eigenvalue weighted by Gasteiger charge is -2.33. The molecule has 1 aromatic rings. The van der Waals surface area contributed by atoms with Crippen LogP contribution in [-0.4, -0.2) is 52.8 Å². The molecule has 0 spiro atoms. The highest BCUT2D eigenvalue weighted by Crippen LogP contribution is 2.06. The maximum Gasteiger partial charge on any atom is 0.236 e. The molecular weight excluding hydrogens is 218 g/mol. The summed E-state index contributed by atoms with van der Waals surface area (Å²) in [6.07, 6.45) is 4.76. The van der Waals surface area contributed by atoms with Gasteiger partial charge in [0.15, 0.2) is 0 Å². The Morgan fingerprint density at radius 3 is 3.18 bits per heavy atom. The van der Waals surface area contributed by atoms with Crippen molar-refractivity contribution in [3.05, 3.63) is 18.0 Å². The molecule has 1 atom stereocenters. The van der Waals surface area contributed by atoms with E-state index in [4.69, 9.17) is 5.73 Å². The van der Waals surface area contributed by atoms with E-state index in [2.05, 4.69) is 15.3 Å². The van der Waals surface area contributed by atoms with Crippen LogP contribution in [0.2, 0.25) is 0 Å². The lowest BCUT2D eigenvalue weighted by molar-refractivity contribution is -0.123. The molecule has 6 heteroatoms. The number of primary amides is 1. The minimum atomic E-state index is -0.247. The minimum Gasteiger partial charge on any atom is -0.368 e. The fourth-order valence-electron chi connectivity index (χ4n) is 2.17. The molecule has 1 saturated heterocycles. The number of aryl methyl sites for hydroxylation is 1. The van der Waals surface area contributed by atoms with Crippen molar-refractivity contribution in [1.82, 2.24) is 20.0 Å². The van der Waals surface area contributed by atoms with Gasteiger partial charge >= 0.3 is 0 Å². The highest BCUT2D eigenvalue weighted by atomic mass is 16.1. The molecule has 1 amide bonds. The summed E-state index contributed by atoms with van der Waals surface area (Å²) < 4.78 is 1.79. The standard InChI is InChI=1S/C11H19N5O/c1-15-8-9(6-14-15)2-4-16-5-3-13-7-10(16)11(12)17/h6,8,10,13H,2-5,7H2,1H3,(H2,12,17). The molecule has 3 N–H and O–H groups in total. The normalized spacial score (nSPS) is 21.6. The van der Waals surface area contributed by atoms with Crippen molar-refractivity contribution in [2.24, 2.45) is 12.8 Å². The third-order valence-electron chi connectivity index (χ3n) is 3.13. The zero-order chi connectivity index (χ0) is 12.3. The zero-order valence-electron chi connectivity index (χ0n) is 10.1. The predicted molar refractivity (Wildman–Crippen MR) is 64.3 cm³/mol. The van der Waals surface area contributed by atoms with Gasteiger partial charge in [0, 0.05) is 39.4 Å². The Morgan fingerprint density at radius 2 is 2.53 bits per heavy atom. The van der Waals surface area contributed by atoms with Crippen LogP contribution in [0.3, 0.4) is 0 Å². The Balaban J connectivity index is 1.90. The van der Waals surface area contributed by atoms with Gasteiger partial charge in [-0.15, -0.1) is 0 Å². The molecular formula is C11H19N5O. The summed E-state index contributed by atoms with van der Waals surface area (Å²) in [4.78, 5) is 13.4. The van der Waals surface area contributed by atoms with Gasteiger partial charge in [-0.2, -0.15) is 5.10 Å². The highest BCUT2D eigenvalue weighted by Gasteiger charge is 2.26. The summed E-state index contributed by atoms with van der Waals surface area (Å²) in [7, 11) is 1.90. The van der Waals surface area contributed by atoms with Gasteiger partial charge in [-0.1, -0.05) is 0 Å². The number of carbonyl (C=O) groups is 1. The topological polar surface area (TPSA) is 76.2 Å². The second-order valence-corrected chi connectivity index (χ2v) is 4.43. The largest absolute Gasteiger partial charge is 0.368 e. The second kappa shape index (κ2) is 5.29. The zero-order valence-corrected chi connectivity index (χ0v) is 10.1. The van der Waals surface area contributed by atoms with Gasteiger partial charge in [0.25, 0.3) is 0 Å². The van der Waals surface area contributed by atoms with Crippen molar-refractivity contribution in [1.29, 1.82) is 0 Å². The Morgan fingerprint density at radius 1 is 1.71 bits per heavy atom. The Hall–Kier alpha value is -1.40. The van der Waals surface area contributed by atoms with Gasteiger partial charge in [0.05, 0.1) is 6.20 Å². The Kier molecular flexibility index (Phi) is 3.75. The van der Waals surface area contributed by atoms with E-state index in [9.17, 15) is 4.79 Å². The van der Waals surface area contributed by atoms with Gasteiger partial charge in [0.1, 0.15) is 6.04 Å². The minimum absolute atomic E-state index is 0.180. The number of hydrogen-bond acceptors (Lipinski definition) is 4. The van der Waals surface area contributed by atoms with Crippen LogP contribution in [0.25, 0.3) is 0 Å². The molecule has 1 aliphatic rings. The van der Waals surface area contributed by atoms with Crippen LogP contribution >= 0.6 is 0 Å². The van der Waals surface area contributed by atoms with Gasteiger partial charge in [-0.3, -0.25) is 14.4 Å². The molecule has 2 rings (SSSR count). The molecule has 0 aliphatic carbocycles. The third-order valence-corrected chi connectivity index (χ3v) is 3.13.